The van der Waals surface area contributed by atoms with Crippen LogP contribution in [0, 0.1) is 0 Å². The van der Waals surface area contributed by atoms with Crippen LogP contribution in [0.4, 0.5) is 0 Å². The van der Waals surface area contributed by atoms with Crippen LogP contribution in [-0.2, 0) is 30.2 Å². The van der Waals surface area contributed by atoms with Crippen LogP contribution in [-0.4, -0.2) is 29.3 Å². The molecule has 2 aromatic heterocycles. The van der Waals surface area contributed by atoms with Crippen molar-refractivity contribution in [1.29, 1.82) is 0 Å². The minimum atomic E-state index is -3.48. The van der Waals surface area contributed by atoms with Gasteiger partial charge in [0.2, 0.25) is 0 Å². The fourth-order valence-electron chi connectivity index (χ4n) is 1.59. The van der Waals surface area contributed by atoms with Gasteiger partial charge in [-0.15, -0.1) is 11.3 Å². The van der Waals surface area contributed by atoms with Gasteiger partial charge in [-0.25, -0.2) is 13.4 Å². The molecule has 0 spiro atoms. The number of imidazole rings is 1. The SMILES string of the molecule is CN(Cc1nccn1C)S(=O)(=O)c1ccc(CN)s1. The maximum atomic E-state index is 12.4. The number of aromatic nitrogens is 2. The van der Waals surface area contributed by atoms with Crippen molar-refractivity contribution < 1.29 is 8.42 Å². The lowest BCUT2D eigenvalue weighted by Crippen LogP contribution is -2.27. The van der Waals surface area contributed by atoms with Gasteiger partial charge in [0, 0.05) is 37.9 Å². The van der Waals surface area contributed by atoms with E-state index < -0.39 is 10.0 Å². The molecule has 2 N–H and O–H groups in total. The average molecular weight is 300 g/mol. The summed E-state index contributed by atoms with van der Waals surface area (Å²) in [7, 11) is -0.0969. The Kier molecular flexibility index (Phi) is 4.04. The van der Waals surface area contributed by atoms with E-state index in [1.54, 1.807) is 36.1 Å². The number of hydrogen-bond donors (Lipinski definition) is 1. The predicted octanol–water partition coefficient (Wildman–Crippen LogP) is 0.761. The van der Waals surface area contributed by atoms with E-state index in [2.05, 4.69) is 4.98 Å². The summed E-state index contributed by atoms with van der Waals surface area (Å²) in [5.74, 6) is 0.696. The van der Waals surface area contributed by atoms with Gasteiger partial charge in [-0.1, -0.05) is 0 Å². The van der Waals surface area contributed by atoms with Crippen molar-refractivity contribution in [2.75, 3.05) is 7.05 Å². The normalized spacial score (nSPS) is 12.2. The van der Waals surface area contributed by atoms with Gasteiger partial charge >= 0.3 is 0 Å². The fraction of sp³-hybridized carbons (Fsp3) is 0.364. The molecule has 0 aliphatic heterocycles. The van der Waals surface area contributed by atoms with Crippen molar-refractivity contribution >= 4 is 21.4 Å². The smallest absolute Gasteiger partial charge is 0.252 e. The molecular weight excluding hydrogens is 284 g/mol. The molecule has 0 saturated carbocycles. The van der Waals surface area contributed by atoms with E-state index >= 15 is 0 Å². The minimum Gasteiger partial charge on any atom is -0.337 e. The molecular formula is C11H16N4O2S2. The molecule has 2 aromatic rings. The number of nitrogens with two attached hydrogens (primary N) is 1. The van der Waals surface area contributed by atoms with Gasteiger partial charge in [0.25, 0.3) is 10.0 Å². The Balaban J connectivity index is 2.22. The first-order chi connectivity index (χ1) is 8.95. The molecule has 0 saturated heterocycles. The number of rotatable bonds is 5. The third-order valence-electron chi connectivity index (χ3n) is 2.79. The second-order valence-electron chi connectivity index (χ2n) is 4.14. The van der Waals surface area contributed by atoms with Crippen LogP contribution in [0.2, 0.25) is 0 Å². The van der Waals surface area contributed by atoms with Crippen LogP contribution in [0.15, 0.2) is 28.7 Å². The van der Waals surface area contributed by atoms with E-state index in [0.717, 1.165) is 4.88 Å². The van der Waals surface area contributed by atoms with E-state index in [9.17, 15) is 8.42 Å². The number of aryl methyl sites for hydroxylation is 1. The molecule has 19 heavy (non-hydrogen) atoms. The summed E-state index contributed by atoms with van der Waals surface area (Å²) in [6, 6.07) is 3.34. The molecule has 8 heteroatoms. The number of thiophene rings is 1. The van der Waals surface area contributed by atoms with Crippen molar-refractivity contribution in [3.05, 3.63) is 35.2 Å². The minimum absolute atomic E-state index is 0.238. The third kappa shape index (κ3) is 2.86. The van der Waals surface area contributed by atoms with E-state index in [4.69, 9.17) is 5.73 Å². The first-order valence-corrected chi connectivity index (χ1v) is 7.92. The van der Waals surface area contributed by atoms with Crippen LogP contribution in [0.5, 0.6) is 0 Å². The lowest BCUT2D eigenvalue weighted by Gasteiger charge is -2.15. The van der Waals surface area contributed by atoms with Crippen LogP contribution < -0.4 is 5.73 Å². The molecule has 0 aromatic carbocycles. The second-order valence-corrected chi connectivity index (χ2v) is 7.58. The largest absolute Gasteiger partial charge is 0.337 e. The summed E-state index contributed by atoms with van der Waals surface area (Å²) >= 11 is 1.20. The highest BCUT2D eigenvalue weighted by atomic mass is 32.2. The zero-order chi connectivity index (χ0) is 14.0. The second kappa shape index (κ2) is 5.41. The van der Waals surface area contributed by atoms with Gasteiger partial charge < -0.3 is 10.3 Å². The molecule has 0 fully saturated rings. The van der Waals surface area contributed by atoms with E-state index in [0.29, 0.717) is 16.6 Å². The molecule has 2 rings (SSSR count). The van der Waals surface area contributed by atoms with Gasteiger partial charge in [0.1, 0.15) is 10.0 Å². The standard InChI is InChI=1S/C11H16N4O2S2/c1-14-6-5-13-10(14)8-15(2)19(16,17)11-4-3-9(7-12)18-11/h3-6H,7-8,12H2,1-2H3. The monoisotopic (exact) mass is 300 g/mol. The zero-order valence-corrected chi connectivity index (χ0v) is 12.4. The molecule has 0 radical (unpaired) electrons. The lowest BCUT2D eigenvalue weighted by molar-refractivity contribution is 0.453. The van der Waals surface area contributed by atoms with Crippen molar-refractivity contribution in [1.82, 2.24) is 13.9 Å². The highest BCUT2D eigenvalue weighted by molar-refractivity contribution is 7.91. The fourth-order valence-corrected chi connectivity index (χ4v) is 4.16. The molecule has 6 nitrogen and oxygen atoms in total. The molecule has 0 amide bonds. The molecule has 104 valence electrons. The number of nitrogens with zero attached hydrogens (tertiary/aromatic N) is 3. The van der Waals surface area contributed by atoms with Gasteiger partial charge in [-0.2, -0.15) is 4.31 Å². The highest BCUT2D eigenvalue weighted by Gasteiger charge is 2.23. The Morgan fingerprint density at radius 1 is 1.47 bits per heavy atom. The van der Waals surface area contributed by atoms with Gasteiger partial charge in [-0.05, 0) is 12.1 Å². The molecule has 0 aliphatic carbocycles. The van der Waals surface area contributed by atoms with Crippen molar-refractivity contribution in [2.24, 2.45) is 12.8 Å². The summed E-state index contributed by atoms with van der Waals surface area (Å²) < 4.78 is 28.1. The maximum Gasteiger partial charge on any atom is 0.252 e. The van der Waals surface area contributed by atoms with E-state index in [-0.39, 0.29) is 6.54 Å². The van der Waals surface area contributed by atoms with Crippen LogP contribution in [0.1, 0.15) is 10.7 Å². The summed E-state index contributed by atoms with van der Waals surface area (Å²) in [4.78, 5) is 4.98. The Morgan fingerprint density at radius 2 is 2.21 bits per heavy atom. The Morgan fingerprint density at radius 3 is 2.74 bits per heavy atom. The maximum absolute atomic E-state index is 12.4. The number of sulfonamides is 1. The summed E-state index contributed by atoms with van der Waals surface area (Å²) in [5, 5.41) is 0. The van der Waals surface area contributed by atoms with E-state index in [1.807, 2.05) is 7.05 Å². The van der Waals surface area contributed by atoms with Crippen molar-refractivity contribution in [2.45, 2.75) is 17.3 Å². The van der Waals surface area contributed by atoms with E-state index in [1.165, 1.54) is 15.6 Å². The molecule has 0 atom stereocenters. The quantitative estimate of drug-likeness (QED) is 0.884. The molecule has 2 heterocycles. The Labute approximate surface area is 116 Å². The first-order valence-electron chi connectivity index (χ1n) is 5.66. The topological polar surface area (TPSA) is 81.2 Å². The molecule has 0 bridgehead atoms. The molecule has 0 unspecified atom stereocenters. The number of hydrogen-bond acceptors (Lipinski definition) is 5. The third-order valence-corrected chi connectivity index (χ3v) is 6.17. The van der Waals surface area contributed by atoms with Gasteiger partial charge in [-0.3, -0.25) is 0 Å². The summed E-state index contributed by atoms with van der Waals surface area (Å²) in [6.45, 7) is 0.588. The lowest BCUT2D eigenvalue weighted by atomic mass is 10.5. The summed E-state index contributed by atoms with van der Waals surface area (Å²) in [5.41, 5.74) is 5.50. The van der Waals surface area contributed by atoms with Crippen LogP contribution >= 0.6 is 11.3 Å². The Bertz CT molecular complexity index is 660. The van der Waals surface area contributed by atoms with Crippen molar-refractivity contribution in [3.8, 4) is 0 Å². The average Bonchev–Trinajstić information content (AvgIpc) is 2.99. The Hall–Kier alpha value is -1.22. The summed E-state index contributed by atoms with van der Waals surface area (Å²) in [6.07, 6.45) is 3.43. The first kappa shape index (κ1) is 14.2. The zero-order valence-electron chi connectivity index (χ0n) is 10.8. The van der Waals surface area contributed by atoms with Crippen LogP contribution in [0.25, 0.3) is 0 Å². The predicted molar refractivity (Wildman–Crippen MR) is 74.1 cm³/mol. The van der Waals surface area contributed by atoms with Gasteiger partial charge in [0.15, 0.2) is 0 Å². The highest BCUT2D eigenvalue weighted by Crippen LogP contribution is 2.24. The van der Waals surface area contributed by atoms with Crippen molar-refractivity contribution in [3.63, 3.8) is 0 Å². The molecule has 0 aliphatic rings. The van der Waals surface area contributed by atoms with Gasteiger partial charge in [0.05, 0.1) is 6.54 Å². The van der Waals surface area contributed by atoms with Crippen LogP contribution in [0.3, 0.4) is 0 Å².